The molecule has 5 nitrogen and oxygen atoms in total. The number of aliphatic carboxylic acids is 1. The van der Waals surface area contributed by atoms with Crippen molar-refractivity contribution in [3.8, 4) is 0 Å². The highest BCUT2D eigenvalue weighted by atomic mass is 16.4. The molecule has 2 amide bonds. The molecule has 0 aliphatic heterocycles. The smallest absolute Gasteiger partial charge is 0.326 e. The zero-order chi connectivity index (χ0) is 14.4. The van der Waals surface area contributed by atoms with E-state index in [0.717, 1.165) is 6.54 Å². The molecule has 1 fully saturated rings. The van der Waals surface area contributed by atoms with Crippen molar-refractivity contribution in [2.75, 3.05) is 20.6 Å². The minimum absolute atomic E-state index is 0.195. The maximum atomic E-state index is 12.2. The van der Waals surface area contributed by atoms with Gasteiger partial charge in [-0.05, 0) is 25.2 Å². The molecule has 0 aromatic carbocycles. The molecular weight excluding hydrogens is 244 g/mol. The normalized spacial score (nSPS) is 17.8. The molecular formula is C14H26N2O3. The SMILES string of the molecule is CCC(C(=O)O)N(C)C(=O)N(C)CC1CCCCC1. The Labute approximate surface area is 115 Å². The van der Waals surface area contributed by atoms with Crippen molar-refractivity contribution < 1.29 is 14.7 Å². The summed E-state index contributed by atoms with van der Waals surface area (Å²) in [5, 5.41) is 9.08. The highest BCUT2D eigenvalue weighted by Crippen LogP contribution is 2.24. The van der Waals surface area contributed by atoms with Crippen LogP contribution >= 0.6 is 0 Å². The Morgan fingerprint density at radius 2 is 1.79 bits per heavy atom. The van der Waals surface area contributed by atoms with Crippen molar-refractivity contribution in [1.29, 1.82) is 0 Å². The van der Waals surface area contributed by atoms with E-state index in [4.69, 9.17) is 5.11 Å². The molecule has 1 unspecified atom stereocenters. The molecule has 0 aromatic rings. The van der Waals surface area contributed by atoms with Crippen LogP contribution in [0.4, 0.5) is 4.79 Å². The van der Waals surface area contributed by atoms with Crippen molar-refractivity contribution in [2.24, 2.45) is 5.92 Å². The molecule has 0 saturated heterocycles. The summed E-state index contributed by atoms with van der Waals surface area (Å²) in [5.41, 5.74) is 0. The van der Waals surface area contributed by atoms with Crippen molar-refractivity contribution in [1.82, 2.24) is 9.80 Å². The van der Waals surface area contributed by atoms with Gasteiger partial charge in [-0.1, -0.05) is 26.2 Å². The maximum absolute atomic E-state index is 12.2. The number of rotatable bonds is 5. The second-order valence-corrected chi connectivity index (χ2v) is 5.54. The number of carboxylic acids is 1. The molecule has 0 bridgehead atoms. The number of hydrogen-bond acceptors (Lipinski definition) is 2. The van der Waals surface area contributed by atoms with E-state index in [-0.39, 0.29) is 6.03 Å². The molecule has 1 N–H and O–H groups in total. The quantitative estimate of drug-likeness (QED) is 0.834. The summed E-state index contributed by atoms with van der Waals surface area (Å²) in [7, 11) is 3.34. The van der Waals surface area contributed by atoms with Crippen molar-refractivity contribution in [2.45, 2.75) is 51.5 Å². The Balaban J connectivity index is 2.52. The van der Waals surface area contributed by atoms with E-state index in [0.29, 0.717) is 12.3 Å². The van der Waals surface area contributed by atoms with E-state index < -0.39 is 12.0 Å². The monoisotopic (exact) mass is 270 g/mol. The van der Waals surface area contributed by atoms with Crippen LogP contribution in [0.3, 0.4) is 0 Å². The summed E-state index contributed by atoms with van der Waals surface area (Å²) >= 11 is 0. The largest absolute Gasteiger partial charge is 0.480 e. The summed E-state index contributed by atoms with van der Waals surface area (Å²) < 4.78 is 0. The van der Waals surface area contributed by atoms with Gasteiger partial charge in [0.15, 0.2) is 0 Å². The van der Waals surface area contributed by atoms with Crippen LogP contribution in [0.1, 0.15) is 45.4 Å². The highest BCUT2D eigenvalue weighted by Gasteiger charge is 2.28. The lowest BCUT2D eigenvalue weighted by molar-refractivity contribution is -0.142. The summed E-state index contributed by atoms with van der Waals surface area (Å²) in [6.45, 7) is 2.52. The summed E-state index contributed by atoms with van der Waals surface area (Å²) in [6, 6.07) is -0.930. The van der Waals surface area contributed by atoms with Crippen molar-refractivity contribution in [3.63, 3.8) is 0 Å². The van der Waals surface area contributed by atoms with Crippen LogP contribution in [-0.2, 0) is 4.79 Å². The number of carboxylic acid groups (broad SMARTS) is 1. The summed E-state index contributed by atoms with van der Waals surface area (Å²) in [6.07, 6.45) is 6.57. The standard InChI is InChI=1S/C14H26N2O3/c1-4-12(13(17)18)16(3)14(19)15(2)10-11-8-6-5-7-9-11/h11-12H,4-10H2,1-3H3,(H,17,18). The second-order valence-electron chi connectivity index (χ2n) is 5.54. The number of hydrogen-bond donors (Lipinski definition) is 1. The Morgan fingerprint density at radius 3 is 2.26 bits per heavy atom. The fraction of sp³-hybridized carbons (Fsp3) is 0.857. The molecule has 1 rings (SSSR count). The Hall–Kier alpha value is -1.26. The van der Waals surface area contributed by atoms with Crippen LogP contribution < -0.4 is 0 Å². The topological polar surface area (TPSA) is 60.9 Å². The minimum Gasteiger partial charge on any atom is -0.480 e. The molecule has 5 heteroatoms. The zero-order valence-corrected chi connectivity index (χ0v) is 12.3. The van der Waals surface area contributed by atoms with Gasteiger partial charge in [-0.3, -0.25) is 0 Å². The van der Waals surface area contributed by atoms with E-state index in [1.165, 1.54) is 37.0 Å². The van der Waals surface area contributed by atoms with Gasteiger partial charge in [-0.25, -0.2) is 9.59 Å². The first-order chi connectivity index (χ1) is 8.97. The first-order valence-electron chi connectivity index (χ1n) is 7.18. The van der Waals surface area contributed by atoms with Crippen molar-refractivity contribution >= 4 is 12.0 Å². The summed E-state index contributed by atoms with van der Waals surface area (Å²) in [5.74, 6) is -0.370. The lowest BCUT2D eigenvalue weighted by atomic mass is 9.89. The first kappa shape index (κ1) is 15.8. The first-order valence-corrected chi connectivity index (χ1v) is 7.18. The number of carbonyl (C=O) groups is 2. The average Bonchev–Trinajstić information content (AvgIpc) is 2.39. The molecule has 1 saturated carbocycles. The molecule has 1 aliphatic rings. The van der Waals surface area contributed by atoms with Crippen LogP contribution in [0.5, 0.6) is 0 Å². The molecule has 0 spiro atoms. The molecule has 0 radical (unpaired) electrons. The fourth-order valence-corrected chi connectivity index (χ4v) is 2.85. The number of amides is 2. The third-order valence-corrected chi connectivity index (χ3v) is 4.02. The number of nitrogens with zero attached hydrogens (tertiary/aromatic N) is 2. The number of urea groups is 1. The van der Waals surface area contributed by atoms with Crippen LogP contribution in [0.2, 0.25) is 0 Å². The molecule has 0 heterocycles. The van der Waals surface area contributed by atoms with E-state index in [2.05, 4.69) is 0 Å². The van der Waals surface area contributed by atoms with Crippen LogP contribution in [0.15, 0.2) is 0 Å². The van der Waals surface area contributed by atoms with Gasteiger partial charge < -0.3 is 14.9 Å². The van der Waals surface area contributed by atoms with Gasteiger partial charge in [-0.15, -0.1) is 0 Å². The Morgan fingerprint density at radius 1 is 1.21 bits per heavy atom. The van der Waals surface area contributed by atoms with E-state index in [1.807, 2.05) is 0 Å². The highest BCUT2D eigenvalue weighted by molar-refractivity contribution is 5.82. The lowest BCUT2D eigenvalue weighted by Gasteiger charge is -2.32. The van der Waals surface area contributed by atoms with Gasteiger partial charge >= 0.3 is 12.0 Å². The lowest BCUT2D eigenvalue weighted by Crippen LogP contribution is -2.48. The van der Waals surface area contributed by atoms with E-state index in [9.17, 15) is 9.59 Å². The molecule has 0 aromatic heterocycles. The van der Waals surface area contributed by atoms with Crippen molar-refractivity contribution in [3.05, 3.63) is 0 Å². The predicted molar refractivity (Wildman–Crippen MR) is 74.1 cm³/mol. The van der Waals surface area contributed by atoms with Crippen LogP contribution in [0, 0.1) is 5.92 Å². The van der Waals surface area contributed by atoms with Gasteiger partial charge in [0.05, 0.1) is 0 Å². The van der Waals surface area contributed by atoms with Crippen LogP contribution in [-0.4, -0.2) is 53.6 Å². The number of carbonyl (C=O) groups excluding carboxylic acids is 1. The summed E-state index contributed by atoms with van der Waals surface area (Å²) in [4.78, 5) is 26.3. The zero-order valence-electron chi connectivity index (χ0n) is 12.3. The fourth-order valence-electron chi connectivity index (χ4n) is 2.85. The van der Waals surface area contributed by atoms with Gasteiger partial charge in [0.2, 0.25) is 0 Å². The average molecular weight is 270 g/mol. The van der Waals surface area contributed by atoms with Gasteiger partial charge in [0, 0.05) is 20.6 Å². The molecule has 19 heavy (non-hydrogen) atoms. The third kappa shape index (κ3) is 4.40. The Bertz CT molecular complexity index is 314. The third-order valence-electron chi connectivity index (χ3n) is 4.02. The second kappa shape index (κ2) is 7.36. The van der Waals surface area contributed by atoms with E-state index in [1.54, 1.807) is 25.9 Å². The van der Waals surface area contributed by atoms with Gasteiger partial charge in [0.25, 0.3) is 0 Å². The molecule has 110 valence electrons. The van der Waals surface area contributed by atoms with Crippen LogP contribution in [0.25, 0.3) is 0 Å². The number of likely N-dealkylation sites (N-methyl/N-ethyl adjacent to an activating group) is 1. The van der Waals surface area contributed by atoms with Gasteiger partial charge in [0.1, 0.15) is 6.04 Å². The Kier molecular flexibility index (Phi) is 6.12. The van der Waals surface area contributed by atoms with E-state index >= 15 is 0 Å². The van der Waals surface area contributed by atoms with Gasteiger partial charge in [-0.2, -0.15) is 0 Å². The predicted octanol–water partition coefficient (Wildman–Crippen LogP) is 2.41. The maximum Gasteiger partial charge on any atom is 0.326 e. The molecule has 1 aliphatic carbocycles. The molecule has 1 atom stereocenters. The minimum atomic E-state index is -0.940.